The fourth-order valence-electron chi connectivity index (χ4n) is 7.08. The SMILES string of the molecule is C=CCCCOC(=O)[C@@H]1[C@@H]2CC(C)C3(S2)C(C(=O)N(CC=C)CCN2CCOCC2)N(CCCCCO)C(=O)[C@H]13. The van der Waals surface area contributed by atoms with Crippen LogP contribution in [-0.4, -0.2) is 119 Å². The van der Waals surface area contributed by atoms with E-state index >= 15 is 0 Å². The molecule has 0 aromatic rings. The number of allylic oxidation sites excluding steroid dienone is 1. The molecule has 2 bridgehead atoms. The molecular formula is C30H47N3O6S. The fraction of sp³-hybridized carbons (Fsp3) is 0.767. The van der Waals surface area contributed by atoms with E-state index in [1.165, 1.54) is 0 Å². The Labute approximate surface area is 243 Å². The maximum Gasteiger partial charge on any atom is 0.310 e. The molecule has 224 valence electrons. The van der Waals surface area contributed by atoms with Gasteiger partial charge in [-0.15, -0.1) is 24.9 Å². The van der Waals surface area contributed by atoms with Gasteiger partial charge in [0.1, 0.15) is 6.04 Å². The summed E-state index contributed by atoms with van der Waals surface area (Å²) in [5.41, 5.74) is 0. The number of likely N-dealkylation sites (tertiary alicyclic amines) is 1. The third kappa shape index (κ3) is 6.15. The van der Waals surface area contributed by atoms with E-state index < -0.39 is 22.6 Å². The number of hydrogen-bond acceptors (Lipinski definition) is 8. The molecule has 2 amide bonds. The van der Waals surface area contributed by atoms with Crippen molar-refractivity contribution in [2.45, 2.75) is 61.5 Å². The van der Waals surface area contributed by atoms with Crippen LogP contribution in [0, 0.1) is 17.8 Å². The largest absolute Gasteiger partial charge is 0.465 e. The Hall–Kier alpha value is -1.88. The van der Waals surface area contributed by atoms with Crippen LogP contribution in [0.3, 0.4) is 0 Å². The lowest BCUT2D eigenvalue weighted by atomic mass is 9.66. The molecule has 3 unspecified atom stereocenters. The predicted octanol–water partition coefficient (Wildman–Crippen LogP) is 2.34. The van der Waals surface area contributed by atoms with E-state index in [0.29, 0.717) is 58.7 Å². The molecule has 0 saturated carbocycles. The number of carbonyl (C=O) groups is 3. The van der Waals surface area contributed by atoms with Crippen molar-refractivity contribution < 1.29 is 29.0 Å². The molecule has 4 heterocycles. The first-order chi connectivity index (χ1) is 19.4. The molecule has 0 aliphatic carbocycles. The van der Waals surface area contributed by atoms with Gasteiger partial charge in [0.2, 0.25) is 11.8 Å². The third-order valence-corrected chi connectivity index (χ3v) is 11.1. The number of rotatable bonds is 16. The van der Waals surface area contributed by atoms with Crippen molar-refractivity contribution in [1.29, 1.82) is 0 Å². The van der Waals surface area contributed by atoms with Crippen molar-refractivity contribution in [3.63, 3.8) is 0 Å². The summed E-state index contributed by atoms with van der Waals surface area (Å²) in [6.07, 6.45) is 7.94. The summed E-state index contributed by atoms with van der Waals surface area (Å²) < 4.78 is 10.5. The number of amides is 2. The molecule has 4 rings (SSSR count). The highest BCUT2D eigenvalue weighted by molar-refractivity contribution is 8.02. The van der Waals surface area contributed by atoms with E-state index in [-0.39, 0.29) is 35.6 Å². The van der Waals surface area contributed by atoms with Crippen molar-refractivity contribution in [1.82, 2.24) is 14.7 Å². The minimum atomic E-state index is -0.654. The minimum absolute atomic E-state index is 0.0242. The minimum Gasteiger partial charge on any atom is -0.465 e. The van der Waals surface area contributed by atoms with Crippen LogP contribution in [0.15, 0.2) is 25.3 Å². The summed E-state index contributed by atoms with van der Waals surface area (Å²) in [6, 6.07) is -0.632. The van der Waals surface area contributed by atoms with Gasteiger partial charge in [-0.05, 0) is 44.4 Å². The number of aliphatic hydroxyl groups excluding tert-OH is 1. The molecule has 4 aliphatic heterocycles. The zero-order chi connectivity index (χ0) is 28.7. The van der Waals surface area contributed by atoms with Gasteiger partial charge in [-0.2, -0.15) is 0 Å². The van der Waals surface area contributed by atoms with E-state index in [2.05, 4.69) is 25.0 Å². The number of thioether (sulfide) groups is 1. The van der Waals surface area contributed by atoms with E-state index in [1.54, 1.807) is 28.8 Å². The zero-order valence-corrected chi connectivity index (χ0v) is 24.8. The molecule has 4 aliphatic rings. The van der Waals surface area contributed by atoms with Crippen LogP contribution in [-0.2, 0) is 23.9 Å². The number of ether oxygens (including phenoxy) is 2. The maximum atomic E-state index is 14.5. The lowest BCUT2D eigenvalue weighted by Crippen LogP contribution is -2.58. The number of fused-ring (bicyclic) bond motifs is 1. The van der Waals surface area contributed by atoms with E-state index in [1.807, 2.05) is 4.90 Å². The lowest BCUT2D eigenvalue weighted by Gasteiger charge is -2.41. The van der Waals surface area contributed by atoms with Crippen molar-refractivity contribution in [3.05, 3.63) is 25.3 Å². The van der Waals surface area contributed by atoms with Gasteiger partial charge in [-0.25, -0.2) is 0 Å². The molecule has 4 fully saturated rings. The van der Waals surface area contributed by atoms with Gasteiger partial charge in [0, 0.05) is 51.1 Å². The number of nitrogens with zero attached hydrogens (tertiary/aromatic N) is 3. The summed E-state index contributed by atoms with van der Waals surface area (Å²) in [6.45, 7) is 15.4. The molecule has 40 heavy (non-hydrogen) atoms. The number of carbonyl (C=O) groups excluding carboxylic acids is 3. The highest BCUT2D eigenvalue weighted by atomic mass is 32.2. The highest BCUT2D eigenvalue weighted by Gasteiger charge is 2.76. The van der Waals surface area contributed by atoms with Crippen LogP contribution in [0.5, 0.6) is 0 Å². The quantitative estimate of drug-likeness (QED) is 0.170. The molecule has 10 heteroatoms. The van der Waals surface area contributed by atoms with Gasteiger partial charge in [-0.3, -0.25) is 19.3 Å². The molecule has 6 atom stereocenters. The zero-order valence-electron chi connectivity index (χ0n) is 24.0. The van der Waals surface area contributed by atoms with E-state index in [0.717, 1.165) is 38.9 Å². The van der Waals surface area contributed by atoms with E-state index in [9.17, 15) is 19.5 Å². The molecule has 0 aromatic heterocycles. The molecule has 9 nitrogen and oxygen atoms in total. The summed E-state index contributed by atoms with van der Waals surface area (Å²) in [4.78, 5) is 48.0. The normalized spacial score (nSPS) is 31.3. The molecule has 1 spiro atoms. The van der Waals surface area contributed by atoms with Crippen molar-refractivity contribution in [3.8, 4) is 0 Å². The Balaban J connectivity index is 1.60. The van der Waals surface area contributed by atoms with Crippen molar-refractivity contribution in [2.24, 2.45) is 17.8 Å². The van der Waals surface area contributed by atoms with E-state index in [4.69, 9.17) is 9.47 Å². The van der Waals surface area contributed by atoms with Gasteiger partial charge >= 0.3 is 5.97 Å². The first kappa shape index (κ1) is 31.1. The number of hydrogen-bond donors (Lipinski definition) is 1. The Morgan fingerprint density at radius 1 is 1.18 bits per heavy atom. The smallest absolute Gasteiger partial charge is 0.310 e. The highest BCUT2D eigenvalue weighted by Crippen LogP contribution is 2.68. The first-order valence-corrected chi connectivity index (χ1v) is 15.8. The Morgan fingerprint density at radius 2 is 1.95 bits per heavy atom. The Bertz CT molecular complexity index is 927. The van der Waals surface area contributed by atoms with Gasteiger partial charge in [0.15, 0.2) is 0 Å². The summed E-state index contributed by atoms with van der Waals surface area (Å²) in [7, 11) is 0. The van der Waals surface area contributed by atoms with Crippen LogP contribution < -0.4 is 0 Å². The molecule has 0 radical (unpaired) electrons. The molecule has 4 saturated heterocycles. The number of esters is 1. The Kier molecular flexibility index (Phi) is 11.1. The summed E-state index contributed by atoms with van der Waals surface area (Å²) >= 11 is 1.69. The second kappa shape index (κ2) is 14.3. The monoisotopic (exact) mass is 577 g/mol. The third-order valence-electron chi connectivity index (χ3n) is 9.06. The second-order valence-corrected chi connectivity index (χ2v) is 13.0. The standard InChI is InChI=1S/C30H47N3O6S/c1-4-6-10-18-39-29(37)24-23-21-22(3)30(40-23)25(24)27(35)33(12-8-7-9-17-34)26(30)28(36)32(11-5-2)14-13-31-15-19-38-20-16-31/h4-5,22-26,34H,1-2,6-21H2,3H3/t22?,23-,24+,25-,26?,30?/m0/s1. The number of morpholine rings is 1. The summed E-state index contributed by atoms with van der Waals surface area (Å²) in [5.74, 6) is -1.43. The van der Waals surface area contributed by atoms with Crippen molar-refractivity contribution >= 4 is 29.5 Å². The van der Waals surface area contributed by atoms with Crippen LogP contribution in [0.25, 0.3) is 0 Å². The molecule has 1 N–H and O–H groups in total. The Morgan fingerprint density at radius 3 is 2.65 bits per heavy atom. The van der Waals surface area contributed by atoms with Gasteiger partial charge in [0.05, 0.1) is 36.4 Å². The van der Waals surface area contributed by atoms with Crippen LogP contribution in [0.2, 0.25) is 0 Å². The van der Waals surface area contributed by atoms with Crippen LogP contribution in [0.1, 0.15) is 45.4 Å². The first-order valence-electron chi connectivity index (χ1n) is 15.0. The van der Waals surface area contributed by atoms with Crippen LogP contribution >= 0.6 is 11.8 Å². The maximum absolute atomic E-state index is 14.5. The molecule has 0 aromatic carbocycles. The summed E-state index contributed by atoms with van der Waals surface area (Å²) in [5, 5.41) is 9.25. The van der Waals surface area contributed by atoms with Gasteiger partial charge in [-0.1, -0.05) is 19.1 Å². The second-order valence-electron chi connectivity index (χ2n) is 11.5. The fourth-order valence-corrected chi connectivity index (χ4v) is 9.49. The number of aliphatic hydroxyl groups is 1. The topological polar surface area (TPSA) is 99.6 Å². The van der Waals surface area contributed by atoms with Gasteiger partial charge < -0.3 is 24.4 Å². The van der Waals surface area contributed by atoms with Gasteiger partial charge in [0.25, 0.3) is 0 Å². The lowest BCUT2D eigenvalue weighted by molar-refractivity contribution is -0.154. The average molecular weight is 578 g/mol. The molecular weight excluding hydrogens is 530 g/mol. The van der Waals surface area contributed by atoms with Crippen LogP contribution in [0.4, 0.5) is 0 Å². The predicted molar refractivity (Wildman–Crippen MR) is 156 cm³/mol. The van der Waals surface area contributed by atoms with Crippen molar-refractivity contribution in [2.75, 3.05) is 65.7 Å². The number of unbranched alkanes of at least 4 members (excludes halogenated alkanes) is 3. The average Bonchev–Trinajstić information content (AvgIpc) is 3.55.